The molecule has 1 amide bonds. The summed E-state index contributed by atoms with van der Waals surface area (Å²) in [4.78, 5) is 22.0. The number of nitrogens with one attached hydrogen (secondary N) is 1. The first kappa shape index (κ1) is 19.7. The highest BCUT2D eigenvalue weighted by Gasteiger charge is 2.28. The largest absolute Gasteiger partial charge is 0.467 e. The second kappa shape index (κ2) is 8.46. The fourth-order valence-electron chi connectivity index (χ4n) is 4.62. The minimum Gasteiger partial charge on any atom is -0.467 e. The minimum atomic E-state index is -0.118. The van der Waals surface area contributed by atoms with Crippen molar-refractivity contribution in [3.8, 4) is 0 Å². The van der Waals surface area contributed by atoms with Gasteiger partial charge in [-0.05, 0) is 55.5 Å². The van der Waals surface area contributed by atoms with Crippen LogP contribution in [0.25, 0.3) is 0 Å². The lowest BCUT2D eigenvalue weighted by molar-refractivity contribution is 0.0949. The fourth-order valence-corrected chi connectivity index (χ4v) is 4.62. The van der Waals surface area contributed by atoms with Crippen molar-refractivity contribution in [2.24, 2.45) is 0 Å². The van der Waals surface area contributed by atoms with Gasteiger partial charge in [-0.1, -0.05) is 24.3 Å². The Balaban J connectivity index is 1.23. The molecule has 2 aliphatic heterocycles. The quantitative estimate of drug-likeness (QED) is 0.654. The third-order valence-corrected chi connectivity index (χ3v) is 6.34. The van der Waals surface area contributed by atoms with Crippen LogP contribution < -0.4 is 15.1 Å². The molecule has 2 aromatic heterocycles. The van der Waals surface area contributed by atoms with Gasteiger partial charge >= 0.3 is 0 Å². The zero-order valence-corrected chi connectivity index (χ0v) is 17.9. The zero-order chi connectivity index (χ0) is 21.2. The van der Waals surface area contributed by atoms with E-state index in [0.717, 1.165) is 30.9 Å². The number of fused-ring (bicyclic) bond motifs is 1. The van der Waals surface area contributed by atoms with Gasteiger partial charge in [-0.15, -0.1) is 0 Å². The van der Waals surface area contributed by atoms with Crippen LogP contribution in [-0.4, -0.2) is 30.0 Å². The van der Waals surface area contributed by atoms with Gasteiger partial charge in [0.05, 0.1) is 18.4 Å². The molecule has 1 saturated heterocycles. The standard InChI is InChI=1S/C25H28N4O2/c1-18-14-20-6-2-3-7-22(20)29(18)17-23-21(10-13-31-23)25(30)27-16-19-8-9-24(26-15-19)28-11-4-5-12-28/h2-3,6-10,13,15,18H,4-5,11-12,14,16-17H2,1H3,(H,27,30). The summed E-state index contributed by atoms with van der Waals surface area (Å²) in [6.45, 7) is 5.39. The van der Waals surface area contributed by atoms with Crippen LogP contribution in [0.2, 0.25) is 0 Å². The van der Waals surface area contributed by atoms with Gasteiger partial charge in [-0.3, -0.25) is 4.79 Å². The van der Waals surface area contributed by atoms with Gasteiger partial charge in [-0.2, -0.15) is 0 Å². The third kappa shape index (κ3) is 4.02. The molecule has 1 fully saturated rings. The predicted octanol–water partition coefficient (Wildman–Crippen LogP) is 4.16. The van der Waals surface area contributed by atoms with E-state index in [-0.39, 0.29) is 5.91 Å². The van der Waals surface area contributed by atoms with E-state index in [0.29, 0.717) is 30.5 Å². The normalized spacial score (nSPS) is 17.8. The topological polar surface area (TPSA) is 61.6 Å². The van der Waals surface area contributed by atoms with Crippen molar-refractivity contribution in [1.29, 1.82) is 0 Å². The van der Waals surface area contributed by atoms with Crippen molar-refractivity contribution in [1.82, 2.24) is 10.3 Å². The Bertz CT molecular complexity index is 1050. The highest BCUT2D eigenvalue weighted by Crippen LogP contribution is 2.33. The first-order chi connectivity index (χ1) is 15.2. The lowest BCUT2D eigenvalue weighted by Gasteiger charge is -2.24. The Morgan fingerprint density at radius 2 is 2.00 bits per heavy atom. The monoisotopic (exact) mass is 416 g/mol. The maximum atomic E-state index is 12.9. The SMILES string of the molecule is CC1Cc2ccccc2N1Cc1occc1C(=O)NCc1ccc(N2CCCC2)nc1. The maximum absolute atomic E-state index is 12.9. The second-order valence-corrected chi connectivity index (χ2v) is 8.47. The van der Waals surface area contributed by atoms with Crippen LogP contribution in [-0.2, 0) is 19.5 Å². The van der Waals surface area contributed by atoms with Crippen molar-refractivity contribution < 1.29 is 9.21 Å². The molecule has 1 N–H and O–H groups in total. The van der Waals surface area contributed by atoms with E-state index in [1.807, 2.05) is 18.3 Å². The van der Waals surface area contributed by atoms with E-state index in [1.165, 1.54) is 24.1 Å². The smallest absolute Gasteiger partial charge is 0.255 e. The molecule has 31 heavy (non-hydrogen) atoms. The Morgan fingerprint density at radius 3 is 2.81 bits per heavy atom. The van der Waals surface area contributed by atoms with Gasteiger partial charge in [0.2, 0.25) is 0 Å². The molecule has 1 aromatic carbocycles. The number of carbonyl (C=O) groups is 1. The zero-order valence-electron chi connectivity index (χ0n) is 17.9. The summed E-state index contributed by atoms with van der Waals surface area (Å²) in [5, 5.41) is 3.01. The van der Waals surface area contributed by atoms with E-state index >= 15 is 0 Å². The van der Waals surface area contributed by atoms with E-state index in [1.54, 1.807) is 12.3 Å². The van der Waals surface area contributed by atoms with Gasteiger partial charge < -0.3 is 19.5 Å². The molecule has 160 valence electrons. The number of para-hydroxylation sites is 1. The molecule has 4 heterocycles. The number of benzene rings is 1. The summed E-state index contributed by atoms with van der Waals surface area (Å²) in [5.41, 5.74) is 4.15. The van der Waals surface area contributed by atoms with Crippen molar-refractivity contribution in [3.63, 3.8) is 0 Å². The summed E-state index contributed by atoms with van der Waals surface area (Å²) >= 11 is 0. The number of aromatic nitrogens is 1. The van der Waals surface area contributed by atoms with Crippen LogP contribution >= 0.6 is 0 Å². The summed E-state index contributed by atoms with van der Waals surface area (Å²) in [5.74, 6) is 1.60. The molecule has 2 aliphatic rings. The van der Waals surface area contributed by atoms with Gasteiger partial charge in [0.25, 0.3) is 5.91 Å². The van der Waals surface area contributed by atoms with Crippen LogP contribution in [0.4, 0.5) is 11.5 Å². The van der Waals surface area contributed by atoms with Gasteiger partial charge in [0.15, 0.2) is 0 Å². The van der Waals surface area contributed by atoms with E-state index in [4.69, 9.17) is 4.42 Å². The van der Waals surface area contributed by atoms with Gasteiger partial charge in [-0.25, -0.2) is 4.98 Å². The Morgan fingerprint density at radius 1 is 1.16 bits per heavy atom. The molecule has 3 aromatic rings. The first-order valence-corrected chi connectivity index (χ1v) is 11.1. The highest BCUT2D eigenvalue weighted by molar-refractivity contribution is 5.95. The van der Waals surface area contributed by atoms with E-state index in [2.05, 4.69) is 51.3 Å². The number of carbonyl (C=O) groups excluding carboxylic acids is 1. The molecule has 6 nitrogen and oxygen atoms in total. The first-order valence-electron chi connectivity index (χ1n) is 11.1. The van der Waals surface area contributed by atoms with Gasteiger partial charge in [0.1, 0.15) is 11.6 Å². The molecular weight excluding hydrogens is 388 g/mol. The summed E-state index contributed by atoms with van der Waals surface area (Å²) in [7, 11) is 0. The summed E-state index contributed by atoms with van der Waals surface area (Å²) in [6, 6.07) is 14.7. The van der Waals surface area contributed by atoms with E-state index in [9.17, 15) is 4.79 Å². The average Bonchev–Trinajstić information content (AvgIpc) is 3.54. The second-order valence-electron chi connectivity index (χ2n) is 8.47. The highest BCUT2D eigenvalue weighted by atomic mass is 16.3. The van der Waals surface area contributed by atoms with Crippen LogP contribution in [0.1, 0.15) is 47.0 Å². The molecule has 1 unspecified atom stereocenters. The number of nitrogens with zero attached hydrogens (tertiary/aromatic N) is 3. The number of furan rings is 1. The lowest BCUT2D eigenvalue weighted by Crippen LogP contribution is -2.30. The summed E-state index contributed by atoms with van der Waals surface area (Å²) in [6.07, 6.45) is 6.93. The Kier molecular flexibility index (Phi) is 5.37. The Labute approximate surface area is 182 Å². The van der Waals surface area contributed by atoms with Crippen LogP contribution in [0.15, 0.2) is 59.3 Å². The molecular formula is C25H28N4O2. The molecule has 0 aliphatic carbocycles. The number of amides is 1. The van der Waals surface area contributed by atoms with Gasteiger partial charge in [0, 0.05) is 37.6 Å². The number of pyridine rings is 1. The van der Waals surface area contributed by atoms with Crippen LogP contribution in [0, 0.1) is 0 Å². The molecule has 6 heteroatoms. The number of hydrogen-bond donors (Lipinski definition) is 1. The molecule has 0 spiro atoms. The average molecular weight is 417 g/mol. The van der Waals surface area contributed by atoms with Crippen molar-refractivity contribution in [2.45, 2.75) is 45.3 Å². The molecule has 1 atom stereocenters. The Hall–Kier alpha value is -3.28. The van der Waals surface area contributed by atoms with E-state index < -0.39 is 0 Å². The molecule has 0 bridgehead atoms. The van der Waals surface area contributed by atoms with Crippen molar-refractivity contribution in [3.05, 3.63) is 77.4 Å². The fraction of sp³-hybridized carbons (Fsp3) is 0.360. The molecule has 0 saturated carbocycles. The third-order valence-electron chi connectivity index (χ3n) is 6.34. The minimum absolute atomic E-state index is 0.118. The van der Waals surface area contributed by atoms with Crippen molar-refractivity contribution in [2.75, 3.05) is 22.9 Å². The number of rotatable bonds is 6. The summed E-state index contributed by atoms with van der Waals surface area (Å²) < 4.78 is 5.72. The van der Waals surface area contributed by atoms with Crippen molar-refractivity contribution >= 4 is 17.4 Å². The predicted molar refractivity (Wildman–Crippen MR) is 121 cm³/mol. The van der Waals surface area contributed by atoms with Crippen LogP contribution in [0.5, 0.6) is 0 Å². The number of hydrogen-bond acceptors (Lipinski definition) is 5. The molecule has 0 radical (unpaired) electrons. The lowest BCUT2D eigenvalue weighted by atomic mass is 10.1. The van der Waals surface area contributed by atoms with Crippen LogP contribution in [0.3, 0.4) is 0 Å². The molecule has 5 rings (SSSR count). The number of anilines is 2. The maximum Gasteiger partial charge on any atom is 0.255 e.